The SMILES string of the molecule is O=C(CNc1ccccc1OCC1CCCO1)Nc1cccc(OCCc2ccccc2)c1. The minimum absolute atomic E-state index is 0.124. The summed E-state index contributed by atoms with van der Waals surface area (Å²) in [6, 6.07) is 25.3. The van der Waals surface area contributed by atoms with Crippen LogP contribution in [0.5, 0.6) is 11.5 Å². The molecule has 6 nitrogen and oxygen atoms in total. The molecule has 2 N–H and O–H groups in total. The van der Waals surface area contributed by atoms with E-state index < -0.39 is 0 Å². The molecule has 0 aliphatic carbocycles. The number of carbonyl (C=O) groups excluding carboxylic acids is 1. The van der Waals surface area contributed by atoms with Crippen molar-refractivity contribution >= 4 is 17.3 Å². The second-order valence-corrected chi connectivity index (χ2v) is 7.96. The van der Waals surface area contributed by atoms with Crippen molar-refractivity contribution in [2.75, 3.05) is 37.0 Å². The van der Waals surface area contributed by atoms with Gasteiger partial charge in [0.05, 0.1) is 24.9 Å². The fourth-order valence-corrected chi connectivity index (χ4v) is 3.67. The lowest BCUT2D eigenvalue weighted by Gasteiger charge is -2.15. The molecule has 3 aromatic rings. The Morgan fingerprint density at radius 2 is 1.82 bits per heavy atom. The molecule has 6 heteroatoms. The number of amides is 1. The first kappa shape index (κ1) is 22.7. The zero-order chi connectivity index (χ0) is 22.7. The first-order valence-corrected chi connectivity index (χ1v) is 11.4. The number of hydrogen-bond donors (Lipinski definition) is 2. The topological polar surface area (TPSA) is 68.8 Å². The Balaban J connectivity index is 1.24. The monoisotopic (exact) mass is 446 g/mol. The van der Waals surface area contributed by atoms with Crippen LogP contribution in [0.3, 0.4) is 0 Å². The summed E-state index contributed by atoms with van der Waals surface area (Å²) in [7, 11) is 0. The molecule has 0 saturated carbocycles. The molecule has 1 aliphatic rings. The molecule has 1 unspecified atom stereocenters. The molecule has 33 heavy (non-hydrogen) atoms. The Labute approximate surface area is 194 Å². The van der Waals surface area contributed by atoms with Crippen LogP contribution in [-0.2, 0) is 16.0 Å². The summed E-state index contributed by atoms with van der Waals surface area (Å²) in [4.78, 5) is 12.5. The van der Waals surface area contributed by atoms with Gasteiger partial charge in [0.2, 0.25) is 5.91 Å². The Morgan fingerprint density at radius 3 is 2.67 bits per heavy atom. The van der Waals surface area contributed by atoms with E-state index in [1.165, 1.54) is 5.56 Å². The molecule has 3 aromatic carbocycles. The standard InChI is InChI=1S/C27H30N2O4/c30-27(19-28-25-13-4-5-14-26(25)33-20-24-12-7-16-31-24)29-22-10-6-11-23(18-22)32-17-15-21-8-2-1-3-9-21/h1-6,8-11,13-14,18,24,28H,7,12,15-17,19-20H2,(H,29,30). The van der Waals surface area contributed by atoms with Gasteiger partial charge in [-0.25, -0.2) is 0 Å². The van der Waals surface area contributed by atoms with Crippen LogP contribution in [0.1, 0.15) is 18.4 Å². The highest BCUT2D eigenvalue weighted by molar-refractivity contribution is 5.94. The minimum atomic E-state index is -0.148. The van der Waals surface area contributed by atoms with Crippen molar-refractivity contribution in [3.8, 4) is 11.5 Å². The van der Waals surface area contributed by atoms with Gasteiger partial charge in [0.25, 0.3) is 0 Å². The first-order valence-electron chi connectivity index (χ1n) is 11.4. The Morgan fingerprint density at radius 1 is 0.970 bits per heavy atom. The molecule has 0 radical (unpaired) electrons. The number of benzene rings is 3. The van der Waals surface area contributed by atoms with Crippen LogP contribution in [0.25, 0.3) is 0 Å². The number of rotatable bonds is 11. The number of carbonyl (C=O) groups is 1. The third-order valence-corrected chi connectivity index (χ3v) is 5.40. The Hall–Kier alpha value is -3.51. The second kappa shape index (κ2) is 11.9. The van der Waals surface area contributed by atoms with Gasteiger partial charge in [-0.15, -0.1) is 0 Å². The predicted octanol–water partition coefficient (Wildman–Crippen LogP) is 4.92. The van der Waals surface area contributed by atoms with Crippen LogP contribution >= 0.6 is 0 Å². The summed E-state index contributed by atoms with van der Waals surface area (Å²) >= 11 is 0. The summed E-state index contributed by atoms with van der Waals surface area (Å²) in [5.41, 5.74) is 2.71. The van der Waals surface area contributed by atoms with Gasteiger partial charge in [0.15, 0.2) is 0 Å². The zero-order valence-corrected chi connectivity index (χ0v) is 18.7. The van der Waals surface area contributed by atoms with Gasteiger partial charge in [-0.2, -0.15) is 0 Å². The van der Waals surface area contributed by atoms with Crippen LogP contribution in [-0.4, -0.2) is 38.4 Å². The molecule has 1 amide bonds. The van der Waals surface area contributed by atoms with Gasteiger partial charge in [-0.3, -0.25) is 4.79 Å². The van der Waals surface area contributed by atoms with Crippen molar-refractivity contribution in [2.24, 2.45) is 0 Å². The van der Waals surface area contributed by atoms with E-state index in [1.807, 2.05) is 66.7 Å². The fraction of sp³-hybridized carbons (Fsp3) is 0.296. The zero-order valence-electron chi connectivity index (χ0n) is 18.7. The Bertz CT molecular complexity index is 1020. The molecular formula is C27H30N2O4. The smallest absolute Gasteiger partial charge is 0.243 e. The van der Waals surface area contributed by atoms with E-state index in [4.69, 9.17) is 14.2 Å². The quantitative estimate of drug-likeness (QED) is 0.438. The van der Waals surface area contributed by atoms with Crippen LogP contribution in [0.15, 0.2) is 78.9 Å². The van der Waals surface area contributed by atoms with E-state index in [1.54, 1.807) is 0 Å². The maximum Gasteiger partial charge on any atom is 0.243 e. The number of anilines is 2. The van der Waals surface area contributed by atoms with E-state index in [-0.39, 0.29) is 18.6 Å². The summed E-state index contributed by atoms with van der Waals surface area (Å²) in [6.07, 6.45) is 3.07. The normalized spacial score (nSPS) is 15.1. The number of ether oxygens (including phenoxy) is 3. The summed E-state index contributed by atoms with van der Waals surface area (Å²) in [5, 5.41) is 6.08. The average Bonchev–Trinajstić information content (AvgIpc) is 3.37. The summed E-state index contributed by atoms with van der Waals surface area (Å²) in [6.45, 7) is 2.01. The molecule has 0 spiro atoms. The van der Waals surface area contributed by atoms with Crippen LogP contribution in [0.2, 0.25) is 0 Å². The molecule has 1 saturated heterocycles. The molecule has 1 aliphatic heterocycles. The lowest BCUT2D eigenvalue weighted by atomic mass is 10.2. The van der Waals surface area contributed by atoms with Crippen molar-refractivity contribution in [2.45, 2.75) is 25.4 Å². The highest BCUT2D eigenvalue weighted by Crippen LogP contribution is 2.25. The number of nitrogens with one attached hydrogen (secondary N) is 2. The molecule has 1 atom stereocenters. The largest absolute Gasteiger partial charge is 0.493 e. The van der Waals surface area contributed by atoms with Gasteiger partial charge in [-0.1, -0.05) is 48.5 Å². The predicted molar refractivity (Wildman–Crippen MR) is 130 cm³/mol. The van der Waals surface area contributed by atoms with Crippen molar-refractivity contribution in [3.05, 3.63) is 84.4 Å². The van der Waals surface area contributed by atoms with Gasteiger partial charge >= 0.3 is 0 Å². The summed E-state index contributed by atoms with van der Waals surface area (Å²) in [5.74, 6) is 1.30. The van der Waals surface area contributed by atoms with Crippen molar-refractivity contribution < 1.29 is 19.0 Å². The molecule has 1 heterocycles. The second-order valence-electron chi connectivity index (χ2n) is 7.96. The molecular weight excluding hydrogens is 416 g/mol. The van der Waals surface area contributed by atoms with E-state index in [2.05, 4.69) is 22.8 Å². The third-order valence-electron chi connectivity index (χ3n) is 5.40. The van der Waals surface area contributed by atoms with Crippen LogP contribution < -0.4 is 20.1 Å². The van der Waals surface area contributed by atoms with Gasteiger partial charge in [0, 0.05) is 24.8 Å². The summed E-state index contributed by atoms with van der Waals surface area (Å²) < 4.78 is 17.4. The van der Waals surface area contributed by atoms with Gasteiger partial charge in [-0.05, 0) is 42.7 Å². The third kappa shape index (κ3) is 7.26. The number of hydrogen-bond acceptors (Lipinski definition) is 5. The maximum atomic E-state index is 12.5. The molecule has 1 fully saturated rings. The van der Waals surface area contributed by atoms with Gasteiger partial charge in [0.1, 0.15) is 18.1 Å². The number of para-hydroxylation sites is 2. The van der Waals surface area contributed by atoms with E-state index in [0.717, 1.165) is 43.1 Å². The minimum Gasteiger partial charge on any atom is -0.493 e. The Kier molecular flexibility index (Phi) is 8.19. The maximum absolute atomic E-state index is 12.5. The lowest BCUT2D eigenvalue weighted by Crippen LogP contribution is -2.22. The van der Waals surface area contributed by atoms with E-state index in [0.29, 0.717) is 18.9 Å². The molecule has 0 bridgehead atoms. The van der Waals surface area contributed by atoms with Crippen LogP contribution in [0.4, 0.5) is 11.4 Å². The van der Waals surface area contributed by atoms with Crippen molar-refractivity contribution in [3.63, 3.8) is 0 Å². The average molecular weight is 447 g/mol. The van der Waals surface area contributed by atoms with Crippen LogP contribution in [0, 0.1) is 0 Å². The first-order chi connectivity index (χ1) is 16.3. The molecule has 4 rings (SSSR count). The van der Waals surface area contributed by atoms with Crippen molar-refractivity contribution in [1.29, 1.82) is 0 Å². The fourth-order valence-electron chi connectivity index (χ4n) is 3.67. The lowest BCUT2D eigenvalue weighted by molar-refractivity contribution is -0.114. The van der Waals surface area contributed by atoms with Crippen molar-refractivity contribution in [1.82, 2.24) is 0 Å². The molecule has 0 aromatic heterocycles. The highest BCUT2D eigenvalue weighted by atomic mass is 16.5. The van der Waals surface area contributed by atoms with Gasteiger partial charge < -0.3 is 24.8 Å². The van der Waals surface area contributed by atoms with E-state index >= 15 is 0 Å². The highest BCUT2D eigenvalue weighted by Gasteiger charge is 2.17. The molecule has 172 valence electrons. The van der Waals surface area contributed by atoms with E-state index in [9.17, 15) is 4.79 Å².